The number of aromatic nitrogens is 1. The number of nitrogens with zero attached hydrogens (tertiary/aromatic N) is 1. The second-order valence-electron chi connectivity index (χ2n) is 5.14. The summed E-state index contributed by atoms with van der Waals surface area (Å²) in [5.41, 5.74) is 1.97. The van der Waals surface area contributed by atoms with E-state index in [0.717, 1.165) is 11.3 Å². The number of carbonyl (C=O) groups excluding carboxylic acids is 2. The van der Waals surface area contributed by atoms with Gasteiger partial charge in [0.2, 0.25) is 5.91 Å². The van der Waals surface area contributed by atoms with Crippen molar-refractivity contribution in [2.24, 2.45) is 0 Å². The minimum atomic E-state index is -0.402. The van der Waals surface area contributed by atoms with E-state index < -0.39 is 5.97 Å². The Morgan fingerprint density at radius 1 is 1.08 bits per heavy atom. The molecule has 6 heteroatoms. The number of hydrogen-bond donors (Lipinski definition) is 1. The van der Waals surface area contributed by atoms with Gasteiger partial charge in [-0.15, -0.1) is 11.3 Å². The molecule has 0 fully saturated rings. The zero-order valence-electron chi connectivity index (χ0n) is 13.1. The fourth-order valence-corrected chi connectivity index (χ4v) is 3.12. The molecule has 0 aliphatic heterocycles. The molecule has 0 aliphatic rings. The summed E-state index contributed by atoms with van der Waals surface area (Å²) < 4.78 is 6.65. The van der Waals surface area contributed by atoms with Crippen LogP contribution in [0.4, 0.5) is 5.00 Å². The maximum Gasteiger partial charge on any atom is 0.348 e. The van der Waals surface area contributed by atoms with Crippen LogP contribution in [0.3, 0.4) is 0 Å². The molecule has 0 saturated carbocycles. The highest BCUT2D eigenvalue weighted by atomic mass is 32.1. The lowest BCUT2D eigenvalue weighted by molar-refractivity contribution is -0.115. The molecule has 0 unspecified atom stereocenters. The first-order chi connectivity index (χ1) is 11.7. The van der Waals surface area contributed by atoms with Gasteiger partial charge in [0, 0.05) is 18.1 Å². The van der Waals surface area contributed by atoms with E-state index in [-0.39, 0.29) is 12.3 Å². The van der Waals surface area contributed by atoms with Crippen LogP contribution >= 0.6 is 11.3 Å². The summed E-state index contributed by atoms with van der Waals surface area (Å²) in [4.78, 5) is 24.0. The van der Waals surface area contributed by atoms with Crippen molar-refractivity contribution in [1.29, 1.82) is 0 Å². The van der Waals surface area contributed by atoms with Gasteiger partial charge in [-0.05, 0) is 42.0 Å². The number of amides is 1. The number of rotatable bonds is 5. The molecule has 2 aromatic heterocycles. The predicted octanol–water partition coefficient (Wildman–Crippen LogP) is 3.51. The fourth-order valence-electron chi connectivity index (χ4n) is 2.27. The monoisotopic (exact) mass is 340 g/mol. The van der Waals surface area contributed by atoms with Crippen LogP contribution in [0.5, 0.6) is 0 Å². The van der Waals surface area contributed by atoms with E-state index in [4.69, 9.17) is 0 Å². The van der Waals surface area contributed by atoms with Gasteiger partial charge in [-0.1, -0.05) is 12.1 Å². The molecular weight excluding hydrogens is 324 g/mol. The summed E-state index contributed by atoms with van der Waals surface area (Å²) in [6.45, 7) is 0. The van der Waals surface area contributed by atoms with Crippen LogP contribution in [-0.4, -0.2) is 23.6 Å². The Balaban J connectivity index is 1.60. The van der Waals surface area contributed by atoms with E-state index in [1.807, 2.05) is 53.4 Å². The SMILES string of the molecule is COC(=O)c1ccc(NC(=O)Cc2ccc(-n3cccc3)cc2)s1. The van der Waals surface area contributed by atoms with Crippen molar-refractivity contribution < 1.29 is 14.3 Å². The lowest BCUT2D eigenvalue weighted by Crippen LogP contribution is -2.13. The Labute approximate surface area is 143 Å². The van der Waals surface area contributed by atoms with Crippen LogP contribution in [0, 0.1) is 0 Å². The first-order valence-corrected chi connectivity index (χ1v) is 8.17. The topological polar surface area (TPSA) is 60.3 Å². The van der Waals surface area contributed by atoms with E-state index in [2.05, 4.69) is 10.1 Å². The first-order valence-electron chi connectivity index (χ1n) is 7.36. The van der Waals surface area contributed by atoms with Gasteiger partial charge in [0.1, 0.15) is 4.88 Å². The molecule has 122 valence electrons. The minimum absolute atomic E-state index is 0.123. The molecule has 0 atom stereocenters. The standard InChI is InChI=1S/C18H16N2O3S/c1-23-18(22)15-8-9-17(24-15)19-16(21)12-13-4-6-14(7-5-13)20-10-2-3-11-20/h2-11H,12H2,1H3,(H,19,21). The van der Waals surface area contributed by atoms with Crippen LogP contribution in [0.1, 0.15) is 15.2 Å². The maximum absolute atomic E-state index is 12.1. The predicted molar refractivity (Wildman–Crippen MR) is 93.8 cm³/mol. The molecule has 1 amide bonds. The Morgan fingerprint density at radius 3 is 2.46 bits per heavy atom. The summed E-state index contributed by atoms with van der Waals surface area (Å²) >= 11 is 1.20. The molecule has 2 heterocycles. The van der Waals surface area contributed by atoms with Gasteiger partial charge in [-0.2, -0.15) is 0 Å². The summed E-state index contributed by atoms with van der Waals surface area (Å²) in [6, 6.07) is 15.1. The van der Waals surface area contributed by atoms with Crippen LogP contribution in [0.25, 0.3) is 5.69 Å². The largest absolute Gasteiger partial charge is 0.465 e. The average Bonchev–Trinajstić information content (AvgIpc) is 3.26. The zero-order chi connectivity index (χ0) is 16.9. The van der Waals surface area contributed by atoms with E-state index >= 15 is 0 Å². The van der Waals surface area contributed by atoms with Gasteiger partial charge in [-0.3, -0.25) is 4.79 Å². The molecule has 0 radical (unpaired) electrons. The first kappa shape index (κ1) is 16.0. The number of carbonyl (C=O) groups is 2. The van der Waals surface area contributed by atoms with Crippen LogP contribution in [0.2, 0.25) is 0 Å². The highest BCUT2D eigenvalue weighted by Crippen LogP contribution is 2.22. The molecule has 5 nitrogen and oxygen atoms in total. The number of ether oxygens (including phenoxy) is 1. The van der Waals surface area contributed by atoms with Crippen molar-refractivity contribution >= 4 is 28.2 Å². The molecule has 0 bridgehead atoms. The Bertz CT molecular complexity index is 836. The number of esters is 1. The third-order valence-electron chi connectivity index (χ3n) is 3.46. The average molecular weight is 340 g/mol. The number of thiophene rings is 1. The molecule has 3 aromatic rings. The Hall–Kier alpha value is -2.86. The second-order valence-corrected chi connectivity index (χ2v) is 6.22. The van der Waals surface area contributed by atoms with Crippen LogP contribution < -0.4 is 5.32 Å². The maximum atomic E-state index is 12.1. The molecule has 0 aliphatic carbocycles. The van der Waals surface area contributed by atoms with Crippen molar-refractivity contribution in [3.63, 3.8) is 0 Å². The molecule has 3 rings (SSSR count). The third kappa shape index (κ3) is 3.72. The van der Waals surface area contributed by atoms with Crippen LogP contribution in [0.15, 0.2) is 60.9 Å². The highest BCUT2D eigenvalue weighted by molar-refractivity contribution is 7.18. The molecule has 1 N–H and O–H groups in total. The van der Waals surface area contributed by atoms with Crippen molar-refractivity contribution in [3.05, 3.63) is 71.4 Å². The van der Waals surface area contributed by atoms with Crippen molar-refractivity contribution in [1.82, 2.24) is 4.57 Å². The third-order valence-corrected chi connectivity index (χ3v) is 4.44. The quantitative estimate of drug-likeness (QED) is 0.723. The van der Waals surface area contributed by atoms with E-state index in [1.54, 1.807) is 12.1 Å². The van der Waals surface area contributed by atoms with Gasteiger partial charge < -0.3 is 14.6 Å². The molecule has 24 heavy (non-hydrogen) atoms. The molecule has 1 aromatic carbocycles. The Kier molecular flexibility index (Phi) is 4.77. The van der Waals surface area contributed by atoms with E-state index in [0.29, 0.717) is 9.88 Å². The van der Waals surface area contributed by atoms with Gasteiger partial charge in [0.15, 0.2) is 0 Å². The summed E-state index contributed by atoms with van der Waals surface area (Å²) in [5, 5.41) is 3.43. The smallest absolute Gasteiger partial charge is 0.348 e. The fraction of sp³-hybridized carbons (Fsp3) is 0.111. The summed E-state index contributed by atoms with van der Waals surface area (Å²) in [6.07, 6.45) is 4.21. The molecular formula is C18H16N2O3S. The highest BCUT2D eigenvalue weighted by Gasteiger charge is 2.11. The van der Waals surface area contributed by atoms with Gasteiger partial charge in [0.25, 0.3) is 0 Å². The minimum Gasteiger partial charge on any atom is -0.465 e. The van der Waals surface area contributed by atoms with Gasteiger partial charge in [-0.25, -0.2) is 4.79 Å². The van der Waals surface area contributed by atoms with Gasteiger partial charge in [0.05, 0.1) is 18.5 Å². The summed E-state index contributed by atoms with van der Waals surface area (Å²) in [7, 11) is 1.33. The van der Waals surface area contributed by atoms with Gasteiger partial charge >= 0.3 is 5.97 Å². The second kappa shape index (κ2) is 7.14. The summed E-state index contributed by atoms with van der Waals surface area (Å²) in [5.74, 6) is -0.525. The number of hydrogen-bond acceptors (Lipinski definition) is 4. The van der Waals surface area contributed by atoms with E-state index in [1.165, 1.54) is 18.4 Å². The normalized spacial score (nSPS) is 10.4. The number of methoxy groups -OCH3 is 1. The Morgan fingerprint density at radius 2 is 1.79 bits per heavy atom. The lowest BCUT2D eigenvalue weighted by atomic mass is 10.1. The number of anilines is 1. The number of benzene rings is 1. The lowest BCUT2D eigenvalue weighted by Gasteiger charge is -2.06. The molecule has 0 spiro atoms. The van der Waals surface area contributed by atoms with Crippen molar-refractivity contribution in [3.8, 4) is 5.69 Å². The number of nitrogens with one attached hydrogen (secondary N) is 1. The van der Waals surface area contributed by atoms with Crippen molar-refractivity contribution in [2.75, 3.05) is 12.4 Å². The molecule has 0 saturated heterocycles. The van der Waals surface area contributed by atoms with Crippen molar-refractivity contribution in [2.45, 2.75) is 6.42 Å². The van der Waals surface area contributed by atoms with Crippen LogP contribution in [-0.2, 0) is 16.0 Å². The van der Waals surface area contributed by atoms with E-state index in [9.17, 15) is 9.59 Å². The zero-order valence-corrected chi connectivity index (χ0v) is 13.9.